The van der Waals surface area contributed by atoms with Crippen molar-refractivity contribution >= 4 is 17.3 Å². The zero-order valence-corrected chi connectivity index (χ0v) is 10.1. The highest BCUT2D eigenvalue weighted by Gasteiger charge is 2.37. The van der Waals surface area contributed by atoms with E-state index >= 15 is 0 Å². The highest BCUT2D eigenvalue weighted by molar-refractivity contribution is 5.96. The van der Waals surface area contributed by atoms with E-state index in [2.05, 4.69) is 0 Å². The molecule has 0 radical (unpaired) electrons. The van der Waals surface area contributed by atoms with E-state index in [0.717, 1.165) is 18.2 Å². The van der Waals surface area contributed by atoms with Crippen molar-refractivity contribution in [2.75, 3.05) is 11.4 Å². The first-order chi connectivity index (χ1) is 8.30. The van der Waals surface area contributed by atoms with Crippen LogP contribution in [0.3, 0.4) is 0 Å². The molecule has 96 valence electrons. The summed E-state index contributed by atoms with van der Waals surface area (Å²) in [4.78, 5) is 23.2. The Labute approximate surface area is 103 Å². The third kappa shape index (κ3) is 2.18. The Balaban J connectivity index is 2.42. The summed E-state index contributed by atoms with van der Waals surface area (Å²) in [5.74, 6) is -0.828. The summed E-state index contributed by atoms with van der Waals surface area (Å²) < 4.78 is 13.7. The molecule has 2 rings (SSSR count). The van der Waals surface area contributed by atoms with Gasteiger partial charge in [-0.1, -0.05) is 13.8 Å². The maximum absolute atomic E-state index is 13.7. The van der Waals surface area contributed by atoms with Crippen molar-refractivity contribution in [3.63, 3.8) is 0 Å². The normalized spacial score (nSPS) is 18.2. The van der Waals surface area contributed by atoms with Gasteiger partial charge in [-0.3, -0.25) is 14.9 Å². The highest BCUT2D eigenvalue weighted by atomic mass is 19.1. The lowest BCUT2D eigenvalue weighted by atomic mass is 9.93. The number of hydrogen-bond donors (Lipinski definition) is 0. The largest absolute Gasteiger partial charge is 0.309 e. The van der Waals surface area contributed by atoms with Crippen molar-refractivity contribution in [2.24, 2.45) is 5.41 Å². The molecule has 1 aliphatic rings. The number of halogens is 1. The molecule has 1 saturated heterocycles. The maximum Gasteiger partial charge on any atom is 0.271 e. The number of amides is 1. The van der Waals surface area contributed by atoms with Crippen LogP contribution in [-0.4, -0.2) is 17.4 Å². The summed E-state index contributed by atoms with van der Waals surface area (Å²) in [6.07, 6.45) is 0.315. The third-order valence-electron chi connectivity index (χ3n) is 2.95. The van der Waals surface area contributed by atoms with Crippen LogP contribution in [0.25, 0.3) is 0 Å². The Hall–Kier alpha value is -1.98. The van der Waals surface area contributed by atoms with E-state index in [4.69, 9.17) is 0 Å². The van der Waals surface area contributed by atoms with Gasteiger partial charge in [-0.15, -0.1) is 0 Å². The van der Waals surface area contributed by atoms with E-state index in [0.29, 0.717) is 13.0 Å². The molecule has 5 nitrogen and oxygen atoms in total. The molecule has 0 N–H and O–H groups in total. The number of rotatable bonds is 2. The molecular weight excluding hydrogens is 239 g/mol. The van der Waals surface area contributed by atoms with Gasteiger partial charge in [0.15, 0.2) is 0 Å². The van der Waals surface area contributed by atoms with E-state index in [-0.39, 0.29) is 22.7 Å². The van der Waals surface area contributed by atoms with Crippen molar-refractivity contribution in [2.45, 2.75) is 20.3 Å². The van der Waals surface area contributed by atoms with Crippen LogP contribution >= 0.6 is 0 Å². The third-order valence-corrected chi connectivity index (χ3v) is 2.95. The maximum atomic E-state index is 13.7. The van der Waals surface area contributed by atoms with Crippen molar-refractivity contribution in [1.29, 1.82) is 0 Å². The van der Waals surface area contributed by atoms with Gasteiger partial charge >= 0.3 is 0 Å². The van der Waals surface area contributed by atoms with Gasteiger partial charge in [0, 0.05) is 25.1 Å². The van der Waals surface area contributed by atoms with Crippen LogP contribution in [0, 0.1) is 21.3 Å². The quantitative estimate of drug-likeness (QED) is 0.600. The second kappa shape index (κ2) is 4.04. The Bertz CT molecular complexity index is 528. The molecule has 1 aromatic carbocycles. The van der Waals surface area contributed by atoms with Crippen LogP contribution in [-0.2, 0) is 4.79 Å². The van der Waals surface area contributed by atoms with Gasteiger partial charge in [0.05, 0.1) is 10.6 Å². The summed E-state index contributed by atoms with van der Waals surface area (Å²) in [7, 11) is 0. The monoisotopic (exact) mass is 252 g/mol. The van der Waals surface area contributed by atoms with Crippen LogP contribution in [0.5, 0.6) is 0 Å². The second-order valence-electron chi connectivity index (χ2n) is 5.21. The molecule has 1 fully saturated rings. The molecule has 1 amide bonds. The topological polar surface area (TPSA) is 63.5 Å². The van der Waals surface area contributed by atoms with E-state index < -0.39 is 10.7 Å². The first-order valence-electron chi connectivity index (χ1n) is 5.54. The standard InChI is InChI=1S/C12H13FN2O3/c1-12(2)6-11(16)14(7-12)10-5-8(15(17)18)3-4-9(10)13/h3-5H,6-7H2,1-2H3. The minimum absolute atomic E-state index is 0.0141. The van der Waals surface area contributed by atoms with E-state index in [1.807, 2.05) is 13.8 Å². The van der Waals surface area contributed by atoms with E-state index in [9.17, 15) is 19.3 Å². The van der Waals surface area contributed by atoms with Crippen LogP contribution in [0.1, 0.15) is 20.3 Å². The average Bonchev–Trinajstić information content (AvgIpc) is 2.52. The molecule has 0 saturated carbocycles. The molecule has 1 aromatic rings. The second-order valence-corrected chi connectivity index (χ2v) is 5.21. The number of nitrogens with zero attached hydrogens (tertiary/aromatic N) is 2. The van der Waals surface area contributed by atoms with E-state index in [1.54, 1.807) is 0 Å². The van der Waals surface area contributed by atoms with E-state index in [1.165, 1.54) is 4.90 Å². The lowest BCUT2D eigenvalue weighted by molar-refractivity contribution is -0.384. The molecule has 0 aromatic heterocycles. The van der Waals surface area contributed by atoms with Crippen LogP contribution in [0.15, 0.2) is 18.2 Å². The molecule has 18 heavy (non-hydrogen) atoms. The summed E-state index contributed by atoms with van der Waals surface area (Å²) >= 11 is 0. The van der Waals surface area contributed by atoms with Crippen LogP contribution < -0.4 is 4.90 Å². The molecule has 0 aliphatic carbocycles. The van der Waals surface area contributed by atoms with Crippen LogP contribution in [0.4, 0.5) is 15.8 Å². The number of nitro benzene ring substituents is 1. The number of non-ortho nitro benzene ring substituents is 1. The fourth-order valence-electron chi connectivity index (χ4n) is 2.12. The number of carbonyl (C=O) groups excluding carboxylic acids is 1. The zero-order valence-electron chi connectivity index (χ0n) is 10.1. The predicted molar refractivity (Wildman–Crippen MR) is 63.8 cm³/mol. The van der Waals surface area contributed by atoms with Gasteiger partial charge in [-0.05, 0) is 11.5 Å². The molecular formula is C12H13FN2O3. The van der Waals surface area contributed by atoms with Crippen LogP contribution in [0.2, 0.25) is 0 Å². The van der Waals surface area contributed by atoms with Gasteiger partial charge < -0.3 is 4.90 Å². The fourth-order valence-corrected chi connectivity index (χ4v) is 2.12. The minimum Gasteiger partial charge on any atom is -0.309 e. The average molecular weight is 252 g/mol. The number of nitro groups is 1. The minimum atomic E-state index is -0.619. The number of benzene rings is 1. The predicted octanol–water partition coefficient (Wildman–Crippen LogP) is 2.50. The van der Waals surface area contributed by atoms with Gasteiger partial charge in [-0.2, -0.15) is 0 Å². The number of carbonyl (C=O) groups is 1. The summed E-state index contributed by atoms with van der Waals surface area (Å²) in [6.45, 7) is 4.17. The first-order valence-corrected chi connectivity index (χ1v) is 5.54. The van der Waals surface area contributed by atoms with Crippen molar-refractivity contribution in [3.05, 3.63) is 34.1 Å². The fraction of sp³-hybridized carbons (Fsp3) is 0.417. The van der Waals surface area contributed by atoms with Crippen molar-refractivity contribution < 1.29 is 14.1 Å². The SMILES string of the molecule is CC1(C)CC(=O)N(c2cc([N+](=O)[O-])ccc2F)C1. The molecule has 0 bridgehead atoms. The Morgan fingerprint density at radius 2 is 2.11 bits per heavy atom. The highest BCUT2D eigenvalue weighted by Crippen LogP contribution is 2.35. The molecule has 0 unspecified atom stereocenters. The van der Waals surface area contributed by atoms with Gasteiger partial charge in [0.2, 0.25) is 5.91 Å². The zero-order chi connectivity index (χ0) is 13.5. The Morgan fingerprint density at radius 1 is 1.44 bits per heavy atom. The number of hydrogen-bond acceptors (Lipinski definition) is 3. The molecule has 1 heterocycles. The van der Waals surface area contributed by atoms with Gasteiger partial charge in [0.25, 0.3) is 5.69 Å². The summed E-state index contributed by atoms with van der Waals surface area (Å²) in [5, 5.41) is 10.7. The molecule has 0 spiro atoms. The van der Waals surface area contributed by atoms with Crippen molar-refractivity contribution in [1.82, 2.24) is 0 Å². The van der Waals surface area contributed by atoms with Crippen molar-refractivity contribution in [3.8, 4) is 0 Å². The molecule has 0 atom stereocenters. The Morgan fingerprint density at radius 3 is 2.61 bits per heavy atom. The summed E-state index contributed by atoms with van der Waals surface area (Å²) in [6, 6.07) is 3.21. The first kappa shape index (κ1) is 12.5. The molecule has 1 aliphatic heterocycles. The smallest absolute Gasteiger partial charge is 0.271 e. The Kier molecular flexibility index (Phi) is 2.80. The lowest BCUT2D eigenvalue weighted by Gasteiger charge is -2.19. The molecule has 6 heteroatoms. The van der Waals surface area contributed by atoms with Gasteiger partial charge in [-0.25, -0.2) is 4.39 Å². The lowest BCUT2D eigenvalue weighted by Crippen LogP contribution is -2.26. The van der Waals surface area contributed by atoms with Gasteiger partial charge in [0.1, 0.15) is 5.82 Å². The number of anilines is 1. The summed E-state index contributed by atoms with van der Waals surface area (Å²) in [5.41, 5.74) is -0.475.